The lowest BCUT2D eigenvalue weighted by Crippen LogP contribution is -1.99. The van der Waals surface area contributed by atoms with E-state index < -0.39 is 0 Å². The van der Waals surface area contributed by atoms with E-state index in [0.717, 1.165) is 32.7 Å². The highest BCUT2D eigenvalue weighted by molar-refractivity contribution is 9.10. The van der Waals surface area contributed by atoms with Gasteiger partial charge < -0.3 is 5.73 Å². The van der Waals surface area contributed by atoms with Crippen LogP contribution in [0, 0.1) is 6.92 Å². The lowest BCUT2D eigenvalue weighted by atomic mass is 10.1. The number of halogens is 1. The molecule has 0 atom stereocenters. The number of nitrogens with two attached hydrogens (primary N) is 1. The molecule has 3 rings (SSSR count). The molecule has 2 aromatic heterocycles. The van der Waals surface area contributed by atoms with Crippen molar-refractivity contribution in [2.75, 3.05) is 5.73 Å². The van der Waals surface area contributed by atoms with Gasteiger partial charge in [0, 0.05) is 23.6 Å². The number of nitrogens with zero attached hydrogens (tertiary/aromatic N) is 3. The molecule has 0 aliphatic carbocycles. The third-order valence-electron chi connectivity index (χ3n) is 3.08. The minimum atomic E-state index is 0.741. The van der Waals surface area contributed by atoms with Gasteiger partial charge in [0.1, 0.15) is 0 Å². The van der Waals surface area contributed by atoms with E-state index in [1.807, 2.05) is 49.6 Å². The monoisotopic (exact) mass is 328 g/mol. The summed E-state index contributed by atoms with van der Waals surface area (Å²) in [6, 6.07) is 9.70. The second-order valence-electron chi connectivity index (χ2n) is 4.56. The van der Waals surface area contributed by atoms with Crippen LogP contribution in [0.25, 0.3) is 16.9 Å². The number of aryl methyl sites for hydroxylation is 1. The summed E-state index contributed by atoms with van der Waals surface area (Å²) < 4.78 is 2.71. The minimum Gasteiger partial charge on any atom is -0.399 e. The fourth-order valence-corrected chi connectivity index (χ4v) is 2.41. The molecule has 2 N–H and O–H groups in total. The topological polar surface area (TPSA) is 56.7 Å². The summed E-state index contributed by atoms with van der Waals surface area (Å²) in [4.78, 5) is 4.36. The second-order valence-corrected chi connectivity index (χ2v) is 5.36. The first-order chi connectivity index (χ1) is 9.65. The molecule has 0 bridgehead atoms. The summed E-state index contributed by atoms with van der Waals surface area (Å²) in [6.45, 7) is 2.03. The van der Waals surface area contributed by atoms with Crippen molar-refractivity contribution >= 4 is 21.6 Å². The summed E-state index contributed by atoms with van der Waals surface area (Å²) in [7, 11) is 0. The number of rotatable bonds is 2. The average molecular weight is 329 g/mol. The number of anilines is 1. The Kier molecular flexibility index (Phi) is 3.28. The van der Waals surface area contributed by atoms with Gasteiger partial charge in [-0.1, -0.05) is 12.1 Å². The van der Waals surface area contributed by atoms with E-state index in [2.05, 4.69) is 26.0 Å². The third-order valence-corrected chi connectivity index (χ3v) is 4.06. The van der Waals surface area contributed by atoms with Gasteiger partial charge in [0.05, 0.1) is 10.7 Å². The number of hydrogen-bond acceptors (Lipinski definition) is 3. The summed E-state index contributed by atoms with van der Waals surface area (Å²) in [6.07, 6.45) is 5.53. The van der Waals surface area contributed by atoms with Crippen molar-refractivity contribution in [3.05, 3.63) is 59.0 Å². The highest BCUT2D eigenvalue weighted by Crippen LogP contribution is 2.25. The first kappa shape index (κ1) is 12.9. The number of nitrogen functional groups attached to an aromatic ring is 1. The van der Waals surface area contributed by atoms with Crippen molar-refractivity contribution in [3.8, 4) is 16.9 Å². The van der Waals surface area contributed by atoms with Crippen molar-refractivity contribution in [2.24, 2.45) is 0 Å². The van der Waals surface area contributed by atoms with Crippen LogP contribution in [0.1, 0.15) is 5.56 Å². The molecule has 0 amide bonds. The maximum atomic E-state index is 5.81. The molecule has 100 valence electrons. The summed E-state index contributed by atoms with van der Waals surface area (Å²) in [5.41, 5.74) is 9.72. The molecule has 0 saturated carbocycles. The molecule has 5 heteroatoms. The van der Waals surface area contributed by atoms with Crippen molar-refractivity contribution < 1.29 is 0 Å². The molecule has 3 aromatic rings. The molecule has 2 heterocycles. The summed E-state index contributed by atoms with van der Waals surface area (Å²) in [5, 5.41) is 4.38. The van der Waals surface area contributed by atoms with E-state index in [-0.39, 0.29) is 0 Å². The maximum absolute atomic E-state index is 5.81. The van der Waals surface area contributed by atoms with Gasteiger partial charge in [-0.25, -0.2) is 9.67 Å². The summed E-state index contributed by atoms with van der Waals surface area (Å²) >= 11 is 3.55. The van der Waals surface area contributed by atoms with Crippen LogP contribution in [0.15, 0.2) is 53.4 Å². The van der Waals surface area contributed by atoms with E-state index in [9.17, 15) is 0 Å². The van der Waals surface area contributed by atoms with Crippen molar-refractivity contribution in [2.45, 2.75) is 6.92 Å². The Hall–Kier alpha value is -2.14. The highest BCUT2D eigenvalue weighted by atomic mass is 79.9. The van der Waals surface area contributed by atoms with Gasteiger partial charge in [-0.05, 0) is 52.2 Å². The minimum absolute atomic E-state index is 0.741. The fraction of sp³-hybridized carbons (Fsp3) is 0.0667. The molecule has 4 nitrogen and oxygen atoms in total. The van der Waals surface area contributed by atoms with E-state index >= 15 is 0 Å². The third kappa shape index (κ3) is 2.32. The van der Waals surface area contributed by atoms with Crippen LogP contribution in [0.5, 0.6) is 0 Å². The second kappa shape index (κ2) is 5.09. The Morgan fingerprint density at radius 2 is 2.05 bits per heavy atom. The van der Waals surface area contributed by atoms with Crippen LogP contribution in [0.2, 0.25) is 0 Å². The smallest absolute Gasteiger partial charge is 0.167 e. The maximum Gasteiger partial charge on any atom is 0.167 e. The molecular formula is C15H13BrN4. The van der Waals surface area contributed by atoms with Crippen molar-refractivity contribution in [3.63, 3.8) is 0 Å². The zero-order chi connectivity index (χ0) is 14.1. The van der Waals surface area contributed by atoms with Crippen LogP contribution in [-0.4, -0.2) is 14.8 Å². The van der Waals surface area contributed by atoms with Crippen LogP contribution < -0.4 is 5.73 Å². The predicted octanol–water partition coefficient (Wildman–Crippen LogP) is 3.59. The van der Waals surface area contributed by atoms with Gasteiger partial charge in [0.2, 0.25) is 0 Å². The normalized spacial score (nSPS) is 10.7. The van der Waals surface area contributed by atoms with Gasteiger partial charge in [-0.2, -0.15) is 5.10 Å². The van der Waals surface area contributed by atoms with Crippen LogP contribution in [0.3, 0.4) is 0 Å². The zero-order valence-electron chi connectivity index (χ0n) is 10.9. The van der Waals surface area contributed by atoms with E-state index in [0.29, 0.717) is 0 Å². The molecule has 20 heavy (non-hydrogen) atoms. The number of pyridine rings is 1. The predicted molar refractivity (Wildman–Crippen MR) is 83.6 cm³/mol. The Morgan fingerprint density at radius 3 is 2.85 bits per heavy atom. The van der Waals surface area contributed by atoms with E-state index in [1.165, 1.54) is 0 Å². The van der Waals surface area contributed by atoms with Gasteiger partial charge in [0.25, 0.3) is 0 Å². The molecule has 1 aromatic carbocycles. The van der Waals surface area contributed by atoms with Gasteiger partial charge in [-0.3, -0.25) is 0 Å². The number of benzene rings is 1. The molecule has 0 unspecified atom stereocenters. The number of hydrogen-bond donors (Lipinski definition) is 1. The van der Waals surface area contributed by atoms with Crippen LogP contribution >= 0.6 is 15.9 Å². The summed E-state index contributed by atoms with van der Waals surface area (Å²) in [5.74, 6) is 0.778. The molecule has 0 aliphatic rings. The molecule has 0 aliphatic heterocycles. The van der Waals surface area contributed by atoms with Crippen molar-refractivity contribution in [1.82, 2.24) is 14.8 Å². The van der Waals surface area contributed by atoms with Crippen LogP contribution in [-0.2, 0) is 0 Å². The largest absolute Gasteiger partial charge is 0.399 e. The first-order valence-corrected chi connectivity index (χ1v) is 6.96. The SMILES string of the molecule is Cc1ccnc(-n2cc(-c3cccc(N)c3)cn2)c1Br. The molecule has 0 radical (unpaired) electrons. The van der Waals surface area contributed by atoms with Crippen molar-refractivity contribution in [1.29, 1.82) is 0 Å². The Bertz CT molecular complexity index is 764. The van der Waals surface area contributed by atoms with Gasteiger partial charge >= 0.3 is 0 Å². The lowest BCUT2D eigenvalue weighted by Gasteiger charge is -2.05. The lowest BCUT2D eigenvalue weighted by molar-refractivity contribution is 0.839. The molecule has 0 saturated heterocycles. The average Bonchev–Trinajstić information content (AvgIpc) is 2.91. The molecule has 0 spiro atoms. The Balaban J connectivity index is 2.04. The first-order valence-electron chi connectivity index (χ1n) is 6.17. The fourth-order valence-electron chi connectivity index (χ4n) is 1.99. The van der Waals surface area contributed by atoms with E-state index in [1.54, 1.807) is 10.9 Å². The Labute approximate surface area is 125 Å². The molecular weight excluding hydrogens is 316 g/mol. The number of aromatic nitrogens is 3. The molecule has 0 fully saturated rings. The quantitative estimate of drug-likeness (QED) is 0.731. The van der Waals surface area contributed by atoms with Gasteiger partial charge in [-0.15, -0.1) is 0 Å². The van der Waals surface area contributed by atoms with E-state index in [4.69, 9.17) is 5.73 Å². The Morgan fingerprint density at radius 1 is 1.20 bits per heavy atom. The zero-order valence-corrected chi connectivity index (χ0v) is 12.5. The standard InChI is InChI=1S/C15H13BrN4/c1-10-5-6-18-15(14(10)16)20-9-12(8-19-20)11-3-2-4-13(17)7-11/h2-9H,17H2,1H3. The highest BCUT2D eigenvalue weighted by Gasteiger charge is 2.09. The van der Waals surface area contributed by atoms with Gasteiger partial charge in [0.15, 0.2) is 5.82 Å². The van der Waals surface area contributed by atoms with Crippen LogP contribution in [0.4, 0.5) is 5.69 Å².